The number of hydrogen-bond donors (Lipinski definition) is 3. The number of nitrogen functional groups attached to an aromatic ring is 1. The smallest absolute Gasteiger partial charge is 0.418 e. The van der Waals surface area contributed by atoms with Crippen molar-refractivity contribution in [2.24, 2.45) is 0 Å². The van der Waals surface area contributed by atoms with E-state index in [1.54, 1.807) is 32.9 Å². The maximum absolute atomic E-state index is 13.7. The topological polar surface area (TPSA) is 157 Å². The fraction of sp³-hybridized carbons (Fsp3) is 0.515. The average Bonchev–Trinajstić information content (AvgIpc) is 2.99. The van der Waals surface area contributed by atoms with Gasteiger partial charge in [0.25, 0.3) is 5.91 Å². The SMILES string of the molecule is CC(C)(C)OC(=O)NC1(CO[Si](C)(C)C(C)(C)C)CCN(c2cccnc2NC(=O)c2nc(-c3ncccc3C(F)(F)F)cnc2N)CC1. The summed E-state index contributed by atoms with van der Waals surface area (Å²) < 4.78 is 53.2. The Morgan fingerprint density at radius 3 is 2.24 bits per heavy atom. The van der Waals surface area contributed by atoms with Crippen LogP contribution in [0.3, 0.4) is 0 Å². The number of piperidine rings is 1. The number of ether oxygens (including phenoxy) is 1. The third-order valence-electron chi connectivity index (χ3n) is 8.73. The highest BCUT2D eigenvalue weighted by Crippen LogP contribution is 2.39. The Balaban J connectivity index is 1.56. The maximum atomic E-state index is 13.7. The highest BCUT2D eigenvalue weighted by atomic mass is 28.4. The van der Waals surface area contributed by atoms with Crippen molar-refractivity contribution >= 4 is 37.6 Å². The van der Waals surface area contributed by atoms with Crippen LogP contribution in [0.5, 0.6) is 0 Å². The van der Waals surface area contributed by atoms with E-state index in [0.29, 0.717) is 38.2 Å². The quantitative estimate of drug-likeness (QED) is 0.217. The fourth-order valence-electron chi connectivity index (χ4n) is 4.97. The largest absolute Gasteiger partial charge is 0.444 e. The van der Waals surface area contributed by atoms with Crippen molar-refractivity contribution in [3.05, 3.63) is 54.1 Å². The van der Waals surface area contributed by atoms with E-state index >= 15 is 0 Å². The Kier molecular flexibility index (Phi) is 10.6. The Morgan fingerprint density at radius 1 is 1.00 bits per heavy atom. The van der Waals surface area contributed by atoms with Crippen LogP contribution in [0.2, 0.25) is 18.1 Å². The molecular weight excluding hydrogens is 657 g/mol. The number of carbonyl (C=O) groups is 2. The van der Waals surface area contributed by atoms with Crippen LogP contribution in [0, 0.1) is 0 Å². The number of hydrogen-bond acceptors (Lipinski definition) is 10. The third kappa shape index (κ3) is 9.23. The lowest BCUT2D eigenvalue weighted by atomic mass is 9.88. The summed E-state index contributed by atoms with van der Waals surface area (Å²) in [6, 6.07) is 5.54. The van der Waals surface area contributed by atoms with Crippen LogP contribution >= 0.6 is 0 Å². The van der Waals surface area contributed by atoms with E-state index < -0.39 is 48.9 Å². The molecule has 1 aliphatic rings. The minimum atomic E-state index is -4.71. The molecule has 0 radical (unpaired) electrons. The molecule has 4 rings (SSSR count). The number of alkyl halides is 3. The highest BCUT2D eigenvalue weighted by Gasteiger charge is 2.43. The number of nitrogens with one attached hydrogen (secondary N) is 2. The molecule has 49 heavy (non-hydrogen) atoms. The molecule has 12 nitrogen and oxygen atoms in total. The lowest BCUT2D eigenvalue weighted by Gasteiger charge is -2.46. The van der Waals surface area contributed by atoms with Gasteiger partial charge in [0.1, 0.15) is 17.0 Å². The molecule has 0 saturated carbocycles. The molecule has 266 valence electrons. The summed E-state index contributed by atoms with van der Waals surface area (Å²) in [5.41, 5.74) is 3.02. The van der Waals surface area contributed by atoms with Gasteiger partial charge in [0.2, 0.25) is 0 Å². The average molecular weight is 703 g/mol. The van der Waals surface area contributed by atoms with Crippen molar-refractivity contribution in [1.82, 2.24) is 25.3 Å². The van der Waals surface area contributed by atoms with Gasteiger partial charge in [0, 0.05) is 25.5 Å². The molecule has 1 aliphatic heterocycles. The van der Waals surface area contributed by atoms with Gasteiger partial charge in [-0.3, -0.25) is 9.78 Å². The Morgan fingerprint density at radius 2 is 1.63 bits per heavy atom. The van der Waals surface area contributed by atoms with Crippen molar-refractivity contribution in [1.29, 1.82) is 0 Å². The first-order valence-corrected chi connectivity index (χ1v) is 18.8. The van der Waals surface area contributed by atoms with E-state index in [4.69, 9.17) is 14.9 Å². The first kappa shape index (κ1) is 37.5. The summed E-state index contributed by atoms with van der Waals surface area (Å²) in [6.07, 6.45) is -0.482. The summed E-state index contributed by atoms with van der Waals surface area (Å²) in [5, 5.41) is 5.78. The van der Waals surface area contributed by atoms with Crippen molar-refractivity contribution in [3.63, 3.8) is 0 Å². The van der Waals surface area contributed by atoms with E-state index in [0.717, 1.165) is 18.3 Å². The minimum absolute atomic E-state index is 0.0326. The Hall–Kier alpha value is -4.31. The van der Waals surface area contributed by atoms with Crippen molar-refractivity contribution in [2.45, 2.75) is 89.8 Å². The summed E-state index contributed by atoms with van der Waals surface area (Å²) in [6.45, 7) is 17.5. The number of anilines is 3. The molecule has 0 bridgehead atoms. The van der Waals surface area contributed by atoms with Crippen molar-refractivity contribution in [2.75, 3.05) is 35.6 Å². The van der Waals surface area contributed by atoms with E-state index in [1.165, 1.54) is 12.4 Å². The van der Waals surface area contributed by atoms with Gasteiger partial charge in [-0.05, 0) is 76.0 Å². The molecular formula is C33H45F3N8O4Si. The summed E-state index contributed by atoms with van der Waals surface area (Å²) in [4.78, 5) is 44.7. The summed E-state index contributed by atoms with van der Waals surface area (Å²) >= 11 is 0. The zero-order chi connectivity index (χ0) is 36.4. The number of nitrogens with two attached hydrogens (primary N) is 1. The number of halogens is 3. The third-order valence-corrected chi connectivity index (χ3v) is 13.2. The zero-order valence-corrected chi connectivity index (χ0v) is 30.2. The first-order chi connectivity index (χ1) is 22.6. The van der Waals surface area contributed by atoms with Crippen LogP contribution < -0.4 is 21.3 Å². The predicted octanol–water partition coefficient (Wildman–Crippen LogP) is 6.67. The van der Waals surface area contributed by atoms with Crippen LogP contribution in [0.4, 0.5) is 35.3 Å². The molecule has 1 fully saturated rings. The molecule has 0 unspecified atom stereocenters. The second-order valence-electron chi connectivity index (χ2n) is 14.7. The van der Waals surface area contributed by atoms with Crippen LogP contribution in [-0.2, 0) is 15.3 Å². The van der Waals surface area contributed by atoms with Crippen LogP contribution in [0.25, 0.3) is 11.4 Å². The van der Waals surface area contributed by atoms with Crippen LogP contribution in [0.15, 0.2) is 42.9 Å². The molecule has 4 N–H and O–H groups in total. The van der Waals surface area contributed by atoms with Gasteiger partial charge in [-0.2, -0.15) is 13.2 Å². The van der Waals surface area contributed by atoms with Gasteiger partial charge >= 0.3 is 12.3 Å². The minimum Gasteiger partial charge on any atom is -0.444 e. The van der Waals surface area contributed by atoms with E-state index in [2.05, 4.69) is 64.4 Å². The van der Waals surface area contributed by atoms with Crippen LogP contribution in [0.1, 0.15) is 70.4 Å². The van der Waals surface area contributed by atoms with Crippen molar-refractivity contribution < 1.29 is 31.9 Å². The van der Waals surface area contributed by atoms with Gasteiger partial charge in [0.05, 0.1) is 29.6 Å². The fourth-order valence-corrected chi connectivity index (χ4v) is 6.04. The first-order valence-electron chi connectivity index (χ1n) is 15.9. The van der Waals surface area contributed by atoms with E-state index in [-0.39, 0.29) is 28.1 Å². The number of pyridine rings is 2. The Bertz CT molecular complexity index is 1670. The molecule has 2 amide bonds. The van der Waals surface area contributed by atoms with Crippen LogP contribution in [-0.4, -0.2) is 71.1 Å². The number of aromatic nitrogens is 4. The lowest BCUT2D eigenvalue weighted by molar-refractivity contribution is -0.137. The number of rotatable bonds is 8. The number of alkyl carbamates (subject to hydrolysis) is 1. The molecule has 0 aliphatic carbocycles. The second kappa shape index (κ2) is 13.9. The maximum Gasteiger partial charge on any atom is 0.418 e. The Labute approximate surface area is 285 Å². The van der Waals surface area contributed by atoms with E-state index in [1.807, 2.05) is 4.90 Å². The number of amides is 2. The summed E-state index contributed by atoms with van der Waals surface area (Å²) in [7, 11) is -2.16. The number of carbonyl (C=O) groups excluding carboxylic acids is 2. The van der Waals surface area contributed by atoms with Gasteiger partial charge in [-0.1, -0.05) is 20.8 Å². The second-order valence-corrected chi connectivity index (χ2v) is 19.5. The van der Waals surface area contributed by atoms with Gasteiger partial charge < -0.3 is 30.4 Å². The van der Waals surface area contributed by atoms with E-state index in [9.17, 15) is 22.8 Å². The molecule has 0 spiro atoms. The molecule has 4 heterocycles. The lowest BCUT2D eigenvalue weighted by Crippen LogP contribution is -2.60. The molecule has 0 aromatic carbocycles. The zero-order valence-electron chi connectivity index (χ0n) is 29.2. The molecule has 3 aromatic rings. The monoisotopic (exact) mass is 702 g/mol. The number of nitrogens with zero attached hydrogens (tertiary/aromatic N) is 5. The normalized spacial score (nSPS) is 15.4. The highest BCUT2D eigenvalue weighted by molar-refractivity contribution is 6.74. The molecule has 3 aromatic heterocycles. The van der Waals surface area contributed by atoms with Crippen molar-refractivity contribution in [3.8, 4) is 11.4 Å². The van der Waals surface area contributed by atoms with Gasteiger partial charge in [0.15, 0.2) is 25.6 Å². The molecule has 16 heteroatoms. The standard InChI is InChI=1S/C33H45F3N8O4Si/c1-30(2,3)48-29(46)43-32(20-47-49(7,8)31(4,5)6)13-17-44(18-14-32)23-12-10-16-39-27(23)42-28(45)25-26(37)40-19-22(41-25)24-21(33(34,35)36)11-9-15-38-24/h9-12,15-16,19H,13-14,17-18,20H2,1-8H3,(H2,37,40)(H,43,46)(H,39,42,45). The van der Waals surface area contributed by atoms with Gasteiger partial charge in [-0.15, -0.1) is 0 Å². The summed E-state index contributed by atoms with van der Waals surface area (Å²) in [5.74, 6) is -0.893. The predicted molar refractivity (Wildman–Crippen MR) is 184 cm³/mol. The van der Waals surface area contributed by atoms with Gasteiger partial charge in [-0.25, -0.2) is 19.7 Å². The molecule has 1 saturated heterocycles. The molecule has 0 atom stereocenters.